The Hall–Kier alpha value is -0.610. The number of esters is 1. The maximum Gasteiger partial charge on any atom is 0.319 e. The van der Waals surface area contributed by atoms with Gasteiger partial charge in [-0.2, -0.15) is 0 Å². The highest BCUT2D eigenvalue weighted by Crippen LogP contribution is 1.88. The Balaban J connectivity index is 3.24. The van der Waals surface area contributed by atoms with Crippen molar-refractivity contribution in [1.82, 2.24) is 10.2 Å². The largest absolute Gasteiger partial charge is 0.468 e. The molecule has 0 aromatic rings. The lowest BCUT2D eigenvalue weighted by Crippen LogP contribution is -2.29. The van der Waals surface area contributed by atoms with Crippen LogP contribution in [-0.4, -0.2) is 50.7 Å². The van der Waals surface area contributed by atoms with Crippen molar-refractivity contribution in [1.29, 1.82) is 0 Å². The molecule has 0 aromatic carbocycles. The Bertz CT molecular complexity index is 147. The zero-order valence-electron chi connectivity index (χ0n) is 9.51. The molecule has 0 amide bonds. The highest BCUT2D eigenvalue weighted by Gasteiger charge is 2.00. The Labute approximate surface area is 86.6 Å². The molecule has 0 aliphatic rings. The third kappa shape index (κ3) is 6.86. The molecule has 0 fully saturated rings. The van der Waals surface area contributed by atoms with Gasteiger partial charge in [-0.05, 0) is 32.6 Å². The van der Waals surface area contributed by atoms with E-state index in [0.717, 1.165) is 32.6 Å². The van der Waals surface area contributed by atoms with Crippen molar-refractivity contribution in [3.05, 3.63) is 0 Å². The summed E-state index contributed by atoms with van der Waals surface area (Å²) in [7, 11) is 1.40. The smallest absolute Gasteiger partial charge is 0.319 e. The Morgan fingerprint density at radius 2 is 2.00 bits per heavy atom. The topological polar surface area (TPSA) is 41.6 Å². The minimum absolute atomic E-state index is 0.201. The van der Waals surface area contributed by atoms with Crippen molar-refractivity contribution < 1.29 is 9.53 Å². The molecule has 0 heterocycles. The quantitative estimate of drug-likeness (QED) is 0.459. The number of ether oxygens (including phenoxy) is 1. The number of carbonyl (C=O) groups is 1. The van der Waals surface area contributed by atoms with Gasteiger partial charge in [0.05, 0.1) is 13.7 Å². The molecule has 0 spiro atoms. The van der Waals surface area contributed by atoms with Crippen LogP contribution < -0.4 is 5.32 Å². The molecule has 0 aromatic heterocycles. The van der Waals surface area contributed by atoms with Gasteiger partial charge >= 0.3 is 5.97 Å². The fourth-order valence-electron chi connectivity index (χ4n) is 1.23. The number of carbonyl (C=O) groups excluding carboxylic acids is 1. The normalized spacial score (nSPS) is 10.6. The molecule has 4 heteroatoms. The van der Waals surface area contributed by atoms with Crippen molar-refractivity contribution in [3.8, 4) is 0 Å². The minimum Gasteiger partial charge on any atom is -0.468 e. The summed E-state index contributed by atoms with van der Waals surface area (Å²) >= 11 is 0. The maximum absolute atomic E-state index is 10.7. The fourth-order valence-corrected chi connectivity index (χ4v) is 1.23. The molecule has 0 unspecified atom stereocenters. The fraction of sp³-hybridized carbons (Fsp3) is 0.900. The van der Waals surface area contributed by atoms with E-state index in [1.54, 1.807) is 0 Å². The number of rotatable bonds is 8. The summed E-state index contributed by atoms with van der Waals surface area (Å²) in [6.07, 6.45) is 1.07. The van der Waals surface area contributed by atoms with Crippen LogP contribution in [0.25, 0.3) is 0 Å². The van der Waals surface area contributed by atoms with Gasteiger partial charge in [0.25, 0.3) is 0 Å². The molecular weight excluding hydrogens is 180 g/mol. The van der Waals surface area contributed by atoms with E-state index in [9.17, 15) is 4.79 Å². The predicted molar refractivity (Wildman–Crippen MR) is 57.3 cm³/mol. The monoisotopic (exact) mass is 202 g/mol. The van der Waals surface area contributed by atoms with Gasteiger partial charge in [0, 0.05) is 0 Å². The summed E-state index contributed by atoms with van der Waals surface area (Å²) in [6.45, 7) is 8.76. The summed E-state index contributed by atoms with van der Waals surface area (Å²) in [5.74, 6) is -0.201. The molecule has 4 nitrogen and oxygen atoms in total. The first kappa shape index (κ1) is 13.4. The van der Waals surface area contributed by atoms with Crippen LogP contribution in [0.1, 0.15) is 20.3 Å². The van der Waals surface area contributed by atoms with Gasteiger partial charge in [0.1, 0.15) is 0 Å². The number of hydrogen-bond donors (Lipinski definition) is 1. The highest BCUT2D eigenvalue weighted by atomic mass is 16.5. The van der Waals surface area contributed by atoms with Crippen LogP contribution in [0, 0.1) is 0 Å². The van der Waals surface area contributed by atoms with Crippen LogP contribution in [0.15, 0.2) is 0 Å². The van der Waals surface area contributed by atoms with Gasteiger partial charge in [-0.1, -0.05) is 13.8 Å². The highest BCUT2D eigenvalue weighted by molar-refractivity contribution is 5.71. The molecule has 0 rings (SSSR count). The molecular formula is C10H22N2O2. The molecule has 0 aliphatic carbocycles. The molecule has 0 saturated carbocycles. The number of methoxy groups -OCH3 is 1. The van der Waals surface area contributed by atoms with Crippen molar-refractivity contribution in [2.75, 3.05) is 39.8 Å². The van der Waals surface area contributed by atoms with Gasteiger partial charge in [-0.25, -0.2) is 0 Å². The van der Waals surface area contributed by atoms with E-state index in [4.69, 9.17) is 0 Å². The average molecular weight is 202 g/mol. The summed E-state index contributed by atoms with van der Waals surface area (Å²) < 4.78 is 4.51. The number of nitrogens with one attached hydrogen (secondary N) is 1. The lowest BCUT2D eigenvalue weighted by Gasteiger charge is -2.17. The van der Waals surface area contributed by atoms with E-state index in [0.29, 0.717) is 6.54 Å². The maximum atomic E-state index is 10.7. The van der Waals surface area contributed by atoms with Crippen molar-refractivity contribution >= 4 is 5.97 Å². The molecule has 0 bridgehead atoms. The van der Waals surface area contributed by atoms with Gasteiger partial charge in [0.2, 0.25) is 0 Å². The summed E-state index contributed by atoms with van der Waals surface area (Å²) in [5, 5.41) is 3.04. The van der Waals surface area contributed by atoms with E-state index in [1.165, 1.54) is 7.11 Å². The third-order valence-corrected chi connectivity index (χ3v) is 2.22. The molecule has 0 atom stereocenters. The van der Waals surface area contributed by atoms with E-state index in [1.807, 2.05) is 0 Å². The lowest BCUT2D eigenvalue weighted by molar-refractivity contribution is -0.139. The van der Waals surface area contributed by atoms with Crippen molar-refractivity contribution in [3.63, 3.8) is 0 Å². The van der Waals surface area contributed by atoms with Crippen LogP contribution in [-0.2, 0) is 9.53 Å². The summed E-state index contributed by atoms with van der Waals surface area (Å²) in [4.78, 5) is 13.1. The minimum atomic E-state index is -0.201. The van der Waals surface area contributed by atoms with Crippen LogP contribution in [0.3, 0.4) is 0 Å². The molecule has 14 heavy (non-hydrogen) atoms. The summed E-state index contributed by atoms with van der Waals surface area (Å²) in [6, 6.07) is 0. The second-order valence-electron chi connectivity index (χ2n) is 3.13. The molecule has 0 radical (unpaired) electrons. The van der Waals surface area contributed by atoms with Gasteiger partial charge in [0.15, 0.2) is 0 Å². The van der Waals surface area contributed by atoms with Crippen LogP contribution in [0.2, 0.25) is 0 Å². The summed E-state index contributed by atoms with van der Waals surface area (Å²) in [5.41, 5.74) is 0. The van der Waals surface area contributed by atoms with Gasteiger partial charge < -0.3 is 15.0 Å². The molecule has 84 valence electrons. The van der Waals surface area contributed by atoms with Crippen LogP contribution in [0.4, 0.5) is 0 Å². The number of hydrogen-bond acceptors (Lipinski definition) is 4. The standard InChI is InChI=1S/C10H22N2O2/c1-4-12(5-2)8-6-7-11-9-10(13)14-3/h11H,4-9H2,1-3H3. The molecule has 0 aliphatic heterocycles. The van der Waals surface area contributed by atoms with Crippen molar-refractivity contribution in [2.45, 2.75) is 20.3 Å². The van der Waals surface area contributed by atoms with E-state index >= 15 is 0 Å². The second-order valence-corrected chi connectivity index (χ2v) is 3.13. The first-order valence-corrected chi connectivity index (χ1v) is 5.24. The zero-order chi connectivity index (χ0) is 10.8. The Kier molecular flexibility index (Phi) is 8.57. The van der Waals surface area contributed by atoms with Gasteiger partial charge in [-0.15, -0.1) is 0 Å². The Morgan fingerprint density at radius 1 is 1.36 bits per heavy atom. The predicted octanol–water partition coefficient (Wildman–Crippen LogP) is 0.481. The van der Waals surface area contributed by atoms with Crippen LogP contribution >= 0.6 is 0 Å². The van der Waals surface area contributed by atoms with E-state index in [-0.39, 0.29) is 5.97 Å². The third-order valence-electron chi connectivity index (χ3n) is 2.22. The Morgan fingerprint density at radius 3 is 2.50 bits per heavy atom. The SMILES string of the molecule is CCN(CC)CCCNCC(=O)OC. The van der Waals surface area contributed by atoms with E-state index < -0.39 is 0 Å². The number of nitrogens with zero attached hydrogens (tertiary/aromatic N) is 1. The molecule has 0 saturated heterocycles. The second kappa shape index (κ2) is 8.97. The first-order valence-electron chi connectivity index (χ1n) is 5.24. The van der Waals surface area contributed by atoms with Crippen LogP contribution in [0.5, 0.6) is 0 Å². The van der Waals surface area contributed by atoms with Crippen molar-refractivity contribution in [2.24, 2.45) is 0 Å². The molecule has 1 N–H and O–H groups in total. The first-order chi connectivity index (χ1) is 6.74. The van der Waals surface area contributed by atoms with Gasteiger partial charge in [-0.3, -0.25) is 4.79 Å². The average Bonchev–Trinajstić information content (AvgIpc) is 2.23. The zero-order valence-corrected chi connectivity index (χ0v) is 9.51. The van der Waals surface area contributed by atoms with E-state index in [2.05, 4.69) is 28.8 Å². The lowest BCUT2D eigenvalue weighted by atomic mass is 10.3.